The molecule has 0 radical (unpaired) electrons. The molecule has 0 spiro atoms. The minimum atomic E-state index is -0.100. The van der Waals surface area contributed by atoms with Gasteiger partial charge in [-0.2, -0.15) is 5.10 Å². The van der Waals surface area contributed by atoms with E-state index in [4.69, 9.17) is 0 Å². The number of anilines is 1. The summed E-state index contributed by atoms with van der Waals surface area (Å²) in [6.07, 6.45) is 8.75. The fourth-order valence-electron chi connectivity index (χ4n) is 6.63. The molecule has 1 aromatic rings. The lowest BCUT2D eigenvalue weighted by atomic mass is 9.48. The fraction of sp³-hybridized carbons (Fsp3) is 0.609. The minimum Gasteiger partial charge on any atom is -0.348 e. The first-order valence-corrected chi connectivity index (χ1v) is 10.8. The number of benzene rings is 1. The van der Waals surface area contributed by atoms with E-state index in [2.05, 4.69) is 17.3 Å². The molecule has 6 rings (SSSR count). The second-order valence-corrected chi connectivity index (χ2v) is 9.56. The molecule has 148 valence electrons. The smallest absolute Gasteiger partial charge is 0.267 e. The van der Waals surface area contributed by atoms with E-state index in [-0.39, 0.29) is 23.3 Å². The van der Waals surface area contributed by atoms with Crippen molar-refractivity contribution in [3.8, 4) is 0 Å². The van der Waals surface area contributed by atoms with Crippen molar-refractivity contribution in [1.29, 1.82) is 0 Å². The third kappa shape index (κ3) is 3.05. The lowest BCUT2D eigenvalue weighted by Crippen LogP contribution is -2.56. The molecule has 5 nitrogen and oxygen atoms in total. The lowest BCUT2D eigenvalue weighted by Gasteiger charge is -2.59. The van der Waals surface area contributed by atoms with Gasteiger partial charge >= 0.3 is 0 Å². The second-order valence-electron chi connectivity index (χ2n) is 9.56. The van der Waals surface area contributed by atoms with Gasteiger partial charge in [0.1, 0.15) is 5.71 Å². The third-order valence-corrected chi connectivity index (χ3v) is 7.65. The van der Waals surface area contributed by atoms with Gasteiger partial charge in [-0.25, -0.2) is 5.01 Å². The van der Waals surface area contributed by atoms with Gasteiger partial charge in [0.25, 0.3) is 5.91 Å². The number of nitrogens with one attached hydrogen (secondary N) is 1. The molecule has 1 heterocycles. The number of amides is 2. The molecule has 4 bridgehead atoms. The standard InChI is InChI=1S/C23H29N3O2/c1-15(23-12-16-9-17(13-23)11-18(10-16)14-23)24-22(28)20-7-8-21(27)26(25-20)19-5-3-2-4-6-19/h2-6,15-18H,7-14H2,1H3,(H,24,28). The number of hydrogen-bond donors (Lipinski definition) is 1. The summed E-state index contributed by atoms with van der Waals surface area (Å²) in [6.45, 7) is 2.19. The fourth-order valence-corrected chi connectivity index (χ4v) is 6.63. The Kier molecular flexibility index (Phi) is 4.29. The van der Waals surface area contributed by atoms with Crippen molar-refractivity contribution in [2.45, 2.75) is 64.3 Å². The van der Waals surface area contributed by atoms with Crippen LogP contribution in [0.1, 0.15) is 58.3 Å². The molecule has 4 aliphatic carbocycles. The normalized spacial score (nSPS) is 34.9. The van der Waals surface area contributed by atoms with Crippen molar-refractivity contribution in [3.63, 3.8) is 0 Å². The first-order valence-electron chi connectivity index (χ1n) is 10.8. The molecule has 1 N–H and O–H groups in total. The zero-order valence-electron chi connectivity index (χ0n) is 16.6. The van der Waals surface area contributed by atoms with E-state index >= 15 is 0 Å². The Hall–Kier alpha value is -2.17. The maximum Gasteiger partial charge on any atom is 0.267 e. The van der Waals surface area contributed by atoms with Crippen LogP contribution in [0.15, 0.2) is 35.4 Å². The molecule has 4 saturated carbocycles. The van der Waals surface area contributed by atoms with Crippen LogP contribution in [0.4, 0.5) is 5.69 Å². The molecule has 5 heteroatoms. The van der Waals surface area contributed by atoms with Crippen LogP contribution in [0.25, 0.3) is 0 Å². The zero-order valence-corrected chi connectivity index (χ0v) is 16.6. The Morgan fingerprint density at radius 1 is 1.07 bits per heavy atom. The van der Waals surface area contributed by atoms with Crippen LogP contribution < -0.4 is 10.3 Å². The van der Waals surface area contributed by atoms with Gasteiger partial charge in [0.15, 0.2) is 0 Å². The second kappa shape index (κ2) is 6.71. The SMILES string of the molecule is CC(NC(=O)C1=NN(c2ccccc2)C(=O)CC1)C12CC3CC(CC(C3)C1)C2. The predicted molar refractivity (Wildman–Crippen MR) is 109 cm³/mol. The number of para-hydroxylation sites is 1. The molecule has 1 aliphatic heterocycles. The number of carbonyl (C=O) groups is 2. The Labute approximate surface area is 166 Å². The van der Waals surface area contributed by atoms with Gasteiger partial charge in [-0.05, 0) is 80.8 Å². The minimum absolute atomic E-state index is 0.0584. The largest absolute Gasteiger partial charge is 0.348 e. The van der Waals surface area contributed by atoms with Crippen molar-refractivity contribution in [3.05, 3.63) is 30.3 Å². The number of carbonyl (C=O) groups excluding carboxylic acids is 2. The number of hydrogen-bond acceptors (Lipinski definition) is 3. The summed E-state index contributed by atoms with van der Waals surface area (Å²) in [6, 6.07) is 9.52. The summed E-state index contributed by atoms with van der Waals surface area (Å²) < 4.78 is 0. The number of nitrogens with zero attached hydrogens (tertiary/aromatic N) is 2. The van der Waals surface area contributed by atoms with E-state index in [1.807, 2.05) is 30.3 Å². The van der Waals surface area contributed by atoms with Crippen LogP contribution in [0.5, 0.6) is 0 Å². The van der Waals surface area contributed by atoms with E-state index in [9.17, 15) is 9.59 Å². The third-order valence-electron chi connectivity index (χ3n) is 7.65. The van der Waals surface area contributed by atoms with Gasteiger partial charge in [0.2, 0.25) is 5.91 Å². The van der Waals surface area contributed by atoms with Crippen molar-refractivity contribution in [1.82, 2.24) is 5.32 Å². The molecule has 5 aliphatic rings. The summed E-state index contributed by atoms with van der Waals surface area (Å²) in [5.74, 6) is 2.44. The van der Waals surface area contributed by atoms with E-state index in [1.165, 1.54) is 43.5 Å². The summed E-state index contributed by atoms with van der Waals surface area (Å²) in [4.78, 5) is 25.3. The number of rotatable bonds is 4. The average Bonchev–Trinajstić information content (AvgIpc) is 2.68. The van der Waals surface area contributed by atoms with E-state index in [0.29, 0.717) is 24.2 Å². The molecular formula is C23H29N3O2. The quantitative estimate of drug-likeness (QED) is 0.863. The van der Waals surface area contributed by atoms with Gasteiger partial charge in [-0.3, -0.25) is 9.59 Å². The Balaban J connectivity index is 1.32. The van der Waals surface area contributed by atoms with Crippen LogP contribution in [0.2, 0.25) is 0 Å². The maximum atomic E-state index is 13.0. The molecule has 2 amide bonds. The summed E-state index contributed by atoms with van der Waals surface area (Å²) in [5, 5.41) is 9.09. The molecule has 1 atom stereocenters. The highest BCUT2D eigenvalue weighted by atomic mass is 16.2. The molecule has 28 heavy (non-hydrogen) atoms. The van der Waals surface area contributed by atoms with Gasteiger partial charge < -0.3 is 5.32 Å². The summed E-state index contributed by atoms with van der Waals surface area (Å²) in [7, 11) is 0. The van der Waals surface area contributed by atoms with E-state index in [0.717, 1.165) is 17.8 Å². The van der Waals surface area contributed by atoms with Crippen LogP contribution in [-0.4, -0.2) is 23.6 Å². The van der Waals surface area contributed by atoms with Crippen LogP contribution >= 0.6 is 0 Å². The van der Waals surface area contributed by atoms with Crippen LogP contribution in [-0.2, 0) is 9.59 Å². The maximum absolute atomic E-state index is 13.0. The van der Waals surface area contributed by atoms with Crippen molar-refractivity contribution in [2.75, 3.05) is 5.01 Å². The van der Waals surface area contributed by atoms with Crippen molar-refractivity contribution >= 4 is 23.2 Å². The lowest BCUT2D eigenvalue weighted by molar-refractivity contribution is -0.120. The van der Waals surface area contributed by atoms with Gasteiger partial charge in [0, 0.05) is 18.9 Å². The monoisotopic (exact) mass is 379 g/mol. The molecule has 0 aromatic heterocycles. The highest BCUT2D eigenvalue weighted by Gasteiger charge is 2.53. The first-order chi connectivity index (χ1) is 13.5. The van der Waals surface area contributed by atoms with Gasteiger partial charge in [-0.15, -0.1) is 0 Å². The average molecular weight is 380 g/mol. The van der Waals surface area contributed by atoms with E-state index < -0.39 is 0 Å². The van der Waals surface area contributed by atoms with Crippen molar-refractivity contribution < 1.29 is 9.59 Å². The van der Waals surface area contributed by atoms with Crippen LogP contribution in [0.3, 0.4) is 0 Å². The highest BCUT2D eigenvalue weighted by molar-refractivity contribution is 6.40. The Morgan fingerprint density at radius 2 is 1.68 bits per heavy atom. The van der Waals surface area contributed by atoms with E-state index in [1.54, 1.807) is 0 Å². The molecule has 1 aromatic carbocycles. The topological polar surface area (TPSA) is 61.8 Å². The first kappa shape index (κ1) is 17.9. The van der Waals surface area contributed by atoms with Crippen molar-refractivity contribution in [2.24, 2.45) is 28.3 Å². The zero-order chi connectivity index (χ0) is 19.3. The molecular weight excluding hydrogens is 350 g/mol. The summed E-state index contributed by atoms with van der Waals surface area (Å²) in [5.41, 5.74) is 1.46. The molecule has 4 fully saturated rings. The predicted octanol–water partition coefficient (Wildman–Crippen LogP) is 3.89. The molecule has 0 saturated heterocycles. The number of hydrazone groups is 1. The summed E-state index contributed by atoms with van der Waals surface area (Å²) >= 11 is 0. The van der Waals surface area contributed by atoms with Gasteiger partial charge in [0.05, 0.1) is 5.69 Å². The Morgan fingerprint density at radius 3 is 2.29 bits per heavy atom. The molecule has 1 unspecified atom stereocenters. The highest BCUT2D eigenvalue weighted by Crippen LogP contribution is 2.61. The Bertz CT molecular complexity index is 781. The van der Waals surface area contributed by atoms with Crippen LogP contribution in [0, 0.1) is 23.2 Å². The van der Waals surface area contributed by atoms with Gasteiger partial charge in [-0.1, -0.05) is 18.2 Å².